The summed E-state index contributed by atoms with van der Waals surface area (Å²) in [6.07, 6.45) is -2.28. The van der Waals surface area contributed by atoms with Crippen LogP contribution in [0.2, 0.25) is 0 Å². The average Bonchev–Trinajstić information content (AvgIpc) is 2.82. The lowest BCUT2D eigenvalue weighted by Crippen LogP contribution is -2.39. The second-order valence-corrected chi connectivity index (χ2v) is 8.15. The lowest BCUT2D eigenvalue weighted by Gasteiger charge is -2.32. The van der Waals surface area contributed by atoms with Gasteiger partial charge in [0.15, 0.2) is 0 Å². The molecule has 32 heavy (non-hydrogen) atoms. The molecule has 1 unspecified atom stereocenters. The van der Waals surface area contributed by atoms with Crippen LogP contribution in [0.5, 0.6) is 0 Å². The van der Waals surface area contributed by atoms with Crippen LogP contribution in [0.1, 0.15) is 59.9 Å². The number of aliphatic hydroxyl groups is 1. The molecule has 172 valence electrons. The Morgan fingerprint density at radius 1 is 1.28 bits per heavy atom. The molecule has 0 saturated carbocycles. The summed E-state index contributed by atoms with van der Waals surface area (Å²) in [4.78, 5) is 18.8. The van der Waals surface area contributed by atoms with Gasteiger partial charge in [0.1, 0.15) is 23.6 Å². The van der Waals surface area contributed by atoms with E-state index in [-0.39, 0.29) is 55.3 Å². The largest absolute Gasteiger partial charge is 0.411 e. The molecule has 0 bridgehead atoms. The zero-order valence-electron chi connectivity index (χ0n) is 21.7. The summed E-state index contributed by atoms with van der Waals surface area (Å²) in [5.74, 6) is -1.95. The van der Waals surface area contributed by atoms with E-state index in [9.17, 15) is 23.9 Å². The normalized spacial score (nSPS) is 23.1. The number of rotatable bonds is 5. The van der Waals surface area contributed by atoms with Gasteiger partial charge in [0.25, 0.3) is 5.56 Å². The van der Waals surface area contributed by atoms with Gasteiger partial charge in [-0.1, -0.05) is 5.16 Å². The van der Waals surface area contributed by atoms with Crippen molar-refractivity contribution in [3.05, 3.63) is 62.8 Å². The predicted octanol–water partition coefficient (Wildman–Crippen LogP) is 2.79. The summed E-state index contributed by atoms with van der Waals surface area (Å²) in [5.41, 5.74) is -1.11. The molecule has 0 aliphatic carbocycles. The van der Waals surface area contributed by atoms with Crippen molar-refractivity contribution in [2.75, 3.05) is 19.6 Å². The number of hydrogen-bond donors (Lipinski definition) is 2. The van der Waals surface area contributed by atoms with Crippen LogP contribution in [0.15, 0.2) is 28.1 Å². The van der Waals surface area contributed by atoms with E-state index in [1.807, 2.05) is 0 Å². The topological polar surface area (TPSA) is 91.0 Å². The van der Waals surface area contributed by atoms with E-state index >= 15 is 0 Å². The molecule has 7 nitrogen and oxygen atoms in total. The molecule has 2 aromatic rings. The molecule has 2 N–H and O–H groups in total. The van der Waals surface area contributed by atoms with E-state index in [0.717, 1.165) is 6.07 Å². The van der Waals surface area contributed by atoms with E-state index in [1.165, 1.54) is 22.5 Å². The zero-order valence-corrected chi connectivity index (χ0v) is 17.7. The van der Waals surface area contributed by atoms with Crippen molar-refractivity contribution in [2.45, 2.75) is 51.6 Å². The Labute approximate surface area is 190 Å². The molecule has 0 amide bonds. The average molecular weight is 451 g/mol. The molecule has 3 heterocycles. The van der Waals surface area contributed by atoms with Crippen LogP contribution in [-0.4, -0.2) is 50.1 Å². The molecule has 1 fully saturated rings. The molecule has 1 aromatic heterocycles. The summed E-state index contributed by atoms with van der Waals surface area (Å²) in [5, 5.41) is 22.9. The van der Waals surface area contributed by atoms with Crippen LogP contribution in [0, 0.1) is 24.5 Å². The number of likely N-dealkylation sites (tertiary alicyclic amines) is 1. The number of hydrogen-bond acceptors (Lipinski definition) is 6. The Hall–Kier alpha value is -2.65. The summed E-state index contributed by atoms with van der Waals surface area (Å²) in [6, 6.07) is 2.92. The smallest absolute Gasteiger partial charge is 0.257 e. The predicted molar refractivity (Wildman–Crippen MR) is 115 cm³/mol. The third-order valence-corrected chi connectivity index (χ3v) is 6.07. The Bertz CT molecular complexity index is 1250. The highest BCUT2D eigenvalue weighted by atomic mass is 19.1. The first-order valence-electron chi connectivity index (χ1n) is 12.6. The number of piperidine rings is 1. The molecule has 2 aliphatic rings. The molecule has 9 heteroatoms. The molecule has 1 saturated heterocycles. The molecule has 0 radical (unpaired) electrons. The summed E-state index contributed by atoms with van der Waals surface area (Å²) in [6.45, 7) is -0.838. The number of fused-ring (bicyclic) bond motifs is 1. The van der Waals surface area contributed by atoms with Gasteiger partial charge in [0.05, 0.1) is 5.71 Å². The first-order chi connectivity index (χ1) is 16.9. The fourth-order valence-electron chi connectivity index (χ4n) is 4.32. The quantitative estimate of drug-likeness (QED) is 0.415. The van der Waals surface area contributed by atoms with Gasteiger partial charge in [-0.05, 0) is 64.2 Å². The van der Waals surface area contributed by atoms with Crippen LogP contribution < -0.4 is 5.56 Å². The number of benzene rings is 1. The van der Waals surface area contributed by atoms with E-state index in [1.54, 1.807) is 0 Å². The maximum Gasteiger partial charge on any atom is 0.257 e. The minimum Gasteiger partial charge on any atom is -0.411 e. The van der Waals surface area contributed by atoms with E-state index in [0.29, 0.717) is 18.9 Å². The van der Waals surface area contributed by atoms with E-state index in [2.05, 4.69) is 10.1 Å². The molecule has 1 aromatic carbocycles. The number of halogens is 2. The molecule has 0 spiro atoms. The highest BCUT2D eigenvalue weighted by molar-refractivity contribution is 6.02. The van der Waals surface area contributed by atoms with Crippen LogP contribution >= 0.6 is 0 Å². The first kappa shape index (κ1) is 17.9. The van der Waals surface area contributed by atoms with Crippen molar-refractivity contribution >= 4 is 5.71 Å². The minimum atomic E-state index is -2.74. The van der Waals surface area contributed by atoms with Crippen LogP contribution in [0.25, 0.3) is 0 Å². The Morgan fingerprint density at radius 3 is 2.72 bits per heavy atom. The molecule has 4 rings (SSSR count). The fraction of sp³-hybridized carbons (Fsp3) is 0.522. The van der Waals surface area contributed by atoms with Crippen molar-refractivity contribution < 1.29 is 24.6 Å². The Balaban J connectivity index is 1.58. The standard InChI is InChI=1S/C23H28F2N4O3/c1-14-17(23(31)29-9-2-3-20(30)22(29)26-14)8-12-28-10-6-15(7-11-28)21(27-32)18-5-4-16(24)13-19(18)25/h4-5,13,15,20,30,32H,2-3,6-12H2,1H3/b27-21+/i8D2,12D2. The molecular formula is C23H28F2N4O3. The summed E-state index contributed by atoms with van der Waals surface area (Å²) < 4.78 is 63.5. The number of oxime groups is 1. The molecule has 1 atom stereocenters. The van der Waals surface area contributed by atoms with Crippen LogP contribution in [0.3, 0.4) is 0 Å². The highest BCUT2D eigenvalue weighted by Crippen LogP contribution is 2.25. The number of aryl methyl sites for hydroxylation is 1. The second kappa shape index (κ2) is 9.46. The van der Waals surface area contributed by atoms with E-state index in [4.69, 9.17) is 5.48 Å². The van der Waals surface area contributed by atoms with Crippen LogP contribution in [0.4, 0.5) is 8.78 Å². The summed E-state index contributed by atoms with van der Waals surface area (Å²) >= 11 is 0. The van der Waals surface area contributed by atoms with Gasteiger partial charge < -0.3 is 15.2 Å². The van der Waals surface area contributed by atoms with Crippen molar-refractivity contribution in [1.82, 2.24) is 14.5 Å². The SMILES string of the molecule is [2H]C([2H])(c1c(C)nc2n(c1=O)CCCC2O)C([2H])([2H])N1CCC(/C(=N\O)c2ccc(F)cc2F)CC1. The molecule has 2 aliphatic heterocycles. The van der Waals surface area contributed by atoms with Crippen LogP contribution in [-0.2, 0) is 12.9 Å². The third kappa shape index (κ3) is 4.45. The lowest BCUT2D eigenvalue weighted by atomic mass is 9.88. The molecular weight excluding hydrogens is 418 g/mol. The monoisotopic (exact) mass is 450 g/mol. The maximum absolute atomic E-state index is 14.3. The van der Waals surface area contributed by atoms with Gasteiger partial charge in [0.2, 0.25) is 0 Å². The van der Waals surface area contributed by atoms with Crippen molar-refractivity contribution in [2.24, 2.45) is 11.1 Å². The van der Waals surface area contributed by atoms with Gasteiger partial charge in [-0.3, -0.25) is 9.36 Å². The number of aliphatic hydroxyl groups excluding tert-OH is 1. The highest BCUT2D eigenvalue weighted by Gasteiger charge is 2.28. The first-order valence-corrected chi connectivity index (χ1v) is 10.6. The summed E-state index contributed by atoms with van der Waals surface area (Å²) in [7, 11) is 0. The fourth-order valence-corrected chi connectivity index (χ4v) is 4.32. The lowest BCUT2D eigenvalue weighted by molar-refractivity contribution is 0.129. The Kier molecular flexibility index (Phi) is 5.28. The van der Waals surface area contributed by atoms with Gasteiger partial charge in [-0.25, -0.2) is 13.8 Å². The number of aromatic nitrogens is 2. The third-order valence-electron chi connectivity index (χ3n) is 6.07. The minimum absolute atomic E-state index is 0.0160. The van der Waals surface area contributed by atoms with Crippen molar-refractivity contribution in [1.29, 1.82) is 0 Å². The van der Waals surface area contributed by atoms with Gasteiger partial charge in [0, 0.05) is 47.3 Å². The zero-order chi connectivity index (χ0) is 26.4. The van der Waals surface area contributed by atoms with Crippen molar-refractivity contribution in [3.63, 3.8) is 0 Å². The maximum atomic E-state index is 14.3. The van der Waals surface area contributed by atoms with Crippen molar-refractivity contribution in [3.8, 4) is 0 Å². The van der Waals surface area contributed by atoms with Gasteiger partial charge in [-0.2, -0.15) is 0 Å². The van der Waals surface area contributed by atoms with E-state index < -0.39 is 47.6 Å². The Morgan fingerprint density at radius 2 is 2.03 bits per heavy atom. The number of nitrogens with zero attached hydrogens (tertiary/aromatic N) is 4. The van der Waals surface area contributed by atoms with Gasteiger partial charge >= 0.3 is 0 Å². The van der Waals surface area contributed by atoms with Gasteiger partial charge in [-0.15, -0.1) is 0 Å². The second-order valence-electron chi connectivity index (χ2n) is 8.15.